The molecule has 0 aromatic carbocycles. The molecule has 0 fully saturated rings. The number of aliphatic carboxylic acids is 1. The van der Waals surface area contributed by atoms with E-state index in [1.807, 2.05) is 17.5 Å². The first-order valence-corrected chi connectivity index (χ1v) is 7.81. The summed E-state index contributed by atoms with van der Waals surface area (Å²) in [6.07, 6.45) is 0.0391. The number of amides is 1. The van der Waals surface area contributed by atoms with Crippen molar-refractivity contribution in [2.75, 3.05) is 20.1 Å². The molecule has 1 unspecified atom stereocenters. The number of thiophene rings is 1. The number of hydrogen-bond acceptors (Lipinski definition) is 4. The van der Waals surface area contributed by atoms with E-state index in [4.69, 9.17) is 5.11 Å². The number of carbonyl (C=O) groups excluding carboxylic acids is 1. The van der Waals surface area contributed by atoms with Crippen LogP contribution in [0.3, 0.4) is 0 Å². The molecule has 5 nitrogen and oxygen atoms in total. The Morgan fingerprint density at radius 3 is 2.50 bits per heavy atom. The third kappa shape index (κ3) is 7.24. The minimum absolute atomic E-state index is 0. The molecule has 22 heavy (non-hydrogen) atoms. The maximum absolute atomic E-state index is 12.2. The first-order chi connectivity index (χ1) is 9.70. The van der Waals surface area contributed by atoms with Gasteiger partial charge in [0.15, 0.2) is 0 Å². The van der Waals surface area contributed by atoms with Gasteiger partial charge in [0.2, 0.25) is 5.91 Å². The van der Waals surface area contributed by atoms with Gasteiger partial charge in [-0.1, -0.05) is 26.8 Å². The quantitative estimate of drug-likeness (QED) is 0.795. The predicted molar refractivity (Wildman–Crippen MR) is 91.7 cm³/mol. The summed E-state index contributed by atoms with van der Waals surface area (Å²) in [5, 5.41) is 13.7. The zero-order chi connectivity index (χ0) is 16.0. The third-order valence-corrected chi connectivity index (χ3v) is 4.06. The van der Waals surface area contributed by atoms with Gasteiger partial charge in [-0.2, -0.15) is 0 Å². The smallest absolute Gasteiger partial charge is 0.304 e. The van der Waals surface area contributed by atoms with Gasteiger partial charge in [-0.25, -0.2) is 0 Å². The highest BCUT2D eigenvalue weighted by atomic mass is 35.5. The Kier molecular flexibility index (Phi) is 8.66. The van der Waals surface area contributed by atoms with E-state index >= 15 is 0 Å². The average molecular weight is 349 g/mol. The lowest BCUT2D eigenvalue weighted by atomic mass is 9.85. The van der Waals surface area contributed by atoms with Crippen LogP contribution in [-0.4, -0.2) is 42.0 Å². The van der Waals surface area contributed by atoms with Crippen molar-refractivity contribution < 1.29 is 14.7 Å². The minimum atomic E-state index is -0.853. The van der Waals surface area contributed by atoms with Crippen molar-refractivity contribution >= 4 is 35.6 Å². The Hall–Kier alpha value is -1.11. The molecule has 0 aliphatic rings. The second-order valence-electron chi connectivity index (χ2n) is 6.26. The summed E-state index contributed by atoms with van der Waals surface area (Å²) in [6, 6.07) is 3.96. The summed E-state index contributed by atoms with van der Waals surface area (Å²) in [4.78, 5) is 25.5. The van der Waals surface area contributed by atoms with Crippen molar-refractivity contribution in [2.45, 2.75) is 33.2 Å². The molecule has 1 aromatic rings. The number of halogens is 1. The van der Waals surface area contributed by atoms with Gasteiger partial charge in [0, 0.05) is 11.4 Å². The number of carboxylic acid groups (broad SMARTS) is 1. The highest BCUT2D eigenvalue weighted by Gasteiger charge is 2.28. The van der Waals surface area contributed by atoms with Crippen LogP contribution < -0.4 is 5.32 Å². The Labute approximate surface area is 142 Å². The number of nitrogens with one attached hydrogen (secondary N) is 1. The van der Waals surface area contributed by atoms with Crippen LogP contribution in [0.2, 0.25) is 0 Å². The number of carbonyl (C=O) groups is 2. The van der Waals surface area contributed by atoms with Crippen LogP contribution in [0.25, 0.3) is 0 Å². The normalized spacial score (nSPS) is 12.6. The van der Waals surface area contributed by atoms with E-state index in [1.54, 1.807) is 23.3 Å². The molecular weight excluding hydrogens is 324 g/mol. The summed E-state index contributed by atoms with van der Waals surface area (Å²) in [5.74, 6) is -0.940. The number of likely N-dealkylation sites (N-methyl/N-ethyl adjacent to an activating group) is 1. The highest BCUT2D eigenvalue weighted by molar-refractivity contribution is 7.10. The molecule has 1 amide bonds. The average Bonchev–Trinajstić information content (AvgIpc) is 2.85. The van der Waals surface area contributed by atoms with Gasteiger partial charge in [0.05, 0.1) is 19.0 Å². The van der Waals surface area contributed by atoms with Crippen molar-refractivity contribution in [3.05, 3.63) is 22.4 Å². The van der Waals surface area contributed by atoms with Crippen LogP contribution in [0.4, 0.5) is 0 Å². The Morgan fingerprint density at radius 2 is 2.05 bits per heavy atom. The minimum Gasteiger partial charge on any atom is -0.481 e. The van der Waals surface area contributed by atoms with Crippen LogP contribution in [0, 0.1) is 5.41 Å². The van der Waals surface area contributed by atoms with Crippen LogP contribution in [0.15, 0.2) is 17.5 Å². The lowest BCUT2D eigenvalue weighted by Gasteiger charge is -2.31. The molecule has 0 radical (unpaired) electrons. The topological polar surface area (TPSA) is 69.6 Å². The summed E-state index contributed by atoms with van der Waals surface area (Å²) in [6.45, 7) is 6.83. The summed E-state index contributed by atoms with van der Waals surface area (Å²) in [7, 11) is 1.75. The fraction of sp³-hybridized carbons (Fsp3) is 0.600. The number of carboxylic acids is 1. The zero-order valence-electron chi connectivity index (χ0n) is 13.5. The molecule has 1 aromatic heterocycles. The molecule has 0 saturated heterocycles. The maximum Gasteiger partial charge on any atom is 0.304 e. The molecule has 0 saturated carbocycles. The largest absolute Gasteiger partial charge is 0.481 e. The SMILES string of the molecule is CN(CCC(=O)O)CC(=O)NC(c1cccs1)C(C)(C)C.Cl. The van der Waals surface area contributed by atoms with Gasteiger partial charge in [0.25, 0.3) is 0 Å². The van der Waals surface area contributed by atoms with Crippen molar-refractivity contribution in [2.24, 2.45) is 5.41 Å². The van der Waals surface area contributed by atoms with Crippen molar-refractivity contribution in [1.29, 1.82) is 0 Å². The van der Waals surface area contributed by atoms with Gasteiger partial charge in [-0.15, -0.1) is 23.7 Å². The monoisotopic (exact) mass is 348 g/mol. The molecule has 126 valence electrons. The van der Waals surface area contributed by atoms with Crippen molar-refractivity contribution in [3.8, 4) is 0 Å². The predicted octanol–water partition coefficient (Wildman–Crippen LogP) is 2.78. The van der Waals surface area contributed by atoms with Crippen LogP contribution in [-0.2, 0) is 9.59 Å². The van der Waals surface area contributed by atoms with Crippen molar-refractivity contribution in [3.63, 3.8) is 0 Å². The molecule has 2 N–H and O–H groups in total. The lowest BCUT2D eigenvalue weighted by Crippen LogP contribution is -2.41. The van der Waals surface area contributed by atoms with E-state index < -0.39 is 5.97 Å². The second kappa shape index (κ2) is 9.12. The maximum atomic E-state index is 12.2. The van der Waals surface area contributed by atoms with Gasteiger partial charge >= 0.3 is 5.97 Å². The Morgan fingerprint density at radius 1 is 1.41 bits per heavy atom. The van der Waals surface area contributed by atoms with Gasteiger partial charge in [-0.05, 0) is 23.9 Å². The van der Waals surface area contributed by atoms with E-state index in [0.717, 1.165) is 4.88 Å². The van der Waals surface area contributed by atoms with Crippen LogP contribution in [0.5, 0.6) is 0 Å². The third-order valence-electron chi connectivity index (χ3n) is 3.12. The van der Waals surface area contributed by atoms with E-state index in [9.17, 15) is 9.59 Å². The molecule has 0 aliphatic heterocycles. The lowest BCUT2D eigenvalue weighted by molar-refractivity contribution is -0.137. The molecular formula is C15H25ClN2O3S. The fourth-order valence-electron chi connectivity index (χ4n) is 1.99. The van der Waals surface area contributed by atoms with E-state index in [0.29, 0.717) is 6.54 Å². The molecule has 0 aliphatic carbocycles. The Balaban J connectivity index is 0.00000441. The van der Waals surface area contributed by atoms with Crippen LogP contribution >= 0.6 is 23.7 Å². The first-order valence-electron chi connectivity index (χ1n) is 6.93. The van der Waals surface area contributed by atoms with Gasteiger partial charge in [-0.3, -0.25) is 14.5 Å². The number of rotatable bonds is 7. The standard InChI is InChI=1S/C15H24N2O3S.ClH/c1-15(2,3)14(11-6-5-9-21-11)16-12(18)10-17(4)8-7-13(19)20;/h5-6,9,14H,7-8,10H2,1-4H3,(H,16,18)(H,19,20);1H. The number of nitrogens with zero attached hydrogens (tertiary/aromatic N) is 1. The van der Waals surface area contributed by atoms with Crippen LogP contribution in [0.1, 0.15) is 38.1 Å². The molecule has 7 heteroatoms. The Bertz CT molecular complexity index is 472. The summed E-state index contributed by atoms with van der Waals surface area (Å²) >= 11 is 1.63. The molecule has 1 rings (SSSR count). The zero-order valence-corrected chi connectivity index (χ0v) is 15.1. The van der Waals surface area contributed by atoms with Crippen molar-refractivity contribution in [1.82, 2.24) is 10.2 Å². The van der Waals surface area contributed by atoms with Gasteiger partial charge < -0.3 is 10.4 Å². The highest BCUT2D eigenvalue weighted by Crippen LogP contribution is 2.34. The first kappa shape index (κ1) is 20.9. The second-order valence-corrected chi connectivity index (χ2v) is 7.24. The van der Waals surface area contributed by atoms with E-state index in [2.05, 4.69) is 26.1 Å². The van der Waals surface area contributed by atoms with Gasteiger partial charge in [0.1, 0.15) is 0 Å². The summed E-state index contributed by atoms with van der Waals surface area (Å²) in [5.41, 5.74) is -0.0832. The molecule has 0 spiro atoms. The molecule has 1 heterocycles. The number of hydrogen-bond donors (Lipinski definition) is 2. The molecule has 0 bridgehead atoms. The van der Waals surface area contributed by atoms with E-state index in [1.165, 1.54) is 0 Å². The van der Waals surface area contributed by atoms with E-state index in [-0.39, 0.29) is 42.7 Å². The summed E-state index contributed by atoms with van der Waals surface area (Å²) < 4.78 is 0. The fourth-order valence-corrected chi connectivity index (χ4v) is 3.01. The molecule has 1 atom stereocenters.